The third-order valence-electron chi connectivity index (χ3n) is 16.1. The molecule has 2 N–H and O–H groups in total. The highest BCUT2D eigenvalue weighted by molar-refractivity contribution is 6.36. The van der Waals surface area contributed by atoms with E-state index in [1.165, 1.54) is 10.8 Å². The molecule has 0 amide bonds. The number of nitrogens with zero attached hydrogens (tertiary/aromatic N) is 4. The maximum absolute atomic E-state index is 9.01. The van der Waals surface area contributed by atoms with Gasteiger partial charge >= 0.3 is 0 Å². The third-order valence-corrected chi connectivity index (χ3v) is 16.1. The van der Waals surface area contributed by atoms with Gasteiger partial charge in [-0.3, -0.25) is 10.1 Å². The normalized spacial score (nSPS) is 13.7. The van der Waals surface area contributed by atoms with E-state index in [9.17, 15) is 0 Å². The molecule has 0 unspecified atom stereocenters. The van der Waals surface area contributed by atoms with Gasteiger partial charge < -0.3 is 23.4 Å². The van der Waals surface area contributed by atoms with E-state index < -0.39 is 0 Å². The SMILES string of the molecule is N=C1C=CC=C/C1=C(/Nn1c2ccccc2c2c3c4ccc(-c5ccc6c(c5)c5ccccc5n6-c5cnc6oc7ccc(-n8c9ccccc9c9ccccc98)cc7c6c5)cc4oc3c3ccccc3c21)c1ccccc1. The molecule has 0 spiro atoms. The first-order chi connectivity index (χ1) is 38.6. The number of pyridine rings is 1. The van der Waals surface area contributed by atoms with Crippen LogP contribution in [0.1, 0.15) is 5.56 Å². The molecule has 8 nitrogen and oxygen atoms in total. The van der Waals surface area contributed by atoms with Crippen LogP contribution in [0.2, 0.25) is 0 Å². The van der Waals surface area contributed by atoms with Gasteiger partial charge in [-0.2, -0.15) is 0 Å². The Bertz CT molecular complexity index is 5330. The molecule has 16 aromatic rings. The van der Waals surface area contributed by atoms with Crippen LogP contribution in [-0.4, -0.2) is 24.5 Å². The van der Waals surface area contributed by atoms with Crippen molar-refractivity contribution in [3.63, 3.8) is 0 Å². The van der Waals surface area contributed by atoms with Crippen LogP contribution in [0.25, 0.3) is 148 Å². The predicted octanol–water partition coefficient (Wildman–Crippen LogP) is 18.1. The summed E-state index contributed by atoms with van der Waals surface area (Å²) in [5.74, 6) is 0. The van der Waals surface area contributed by atoms with E-state index >= 15 is 0 Å². The lowest BCUT2D eigenvalue weighted by Crippen LogP contribution is -2.17. The molecule has 0 saturated carbocycles. The first-order valence-corrected chi connectivity index (χ1v) is 26.3. The van der Waals surface area contributed by atoms with E-state index in [0.717, 1.165) is 143 Å². The van der Waals surface area contributed by atoms with Crippen molar-refractivity contribution in [2.24, 2.45) is 0 Å². The number of rotatable bonds is 6. The van der Waals surface area contributed by atoms with Crippen LogP contribution in [0.4, 0.5) is 0 Å². The number of nitrogens with one attached hydrogen (secondary N) is 2. The van der Waals surface area contributed by atoms with Gasteiger partial charge in [0.15, 0.2) is 0 Å². The van der Waals surface area contributed by atoms with Crippen LogP contribution >= 0.6 is 0 Å². The van der Waals surface area contributed by atoms with E-state index in [4.69, 9.17) is 19.2 Å². The van der Waals surface area contributed by atoms with Crippen LogP contribution in [-0.2, 0) is 0 Å². The van der Waals surface area contributed by atoms with Crippen molar-refractivity contribution in [2.45, 2.75) is 0 Å². The highest BCUT2D eigenvalue weighted by Gasteiger charge is 2.25. The first kappa shape index (κ1) is 42.6. The molecule has 78 heavy (non-hydrogen) atoms. The van der Waals surface area contributed by atoms with Crippen LogP contribution in [0.5, 0.6) is 0 Å². The molecule has 0 radical (unpaired) electrons. The van der Waals surface area contributed by atoms with Crippen LogP contribution < -0.4 is 5.43 Å². The van der Waals surface area contributed by atoms with Crippen molar-refractivity contribution in [3.8, 4) is 22.5 Å². The minimum atomic E-state index is 0.447. The Labute approximate surface area is 444 Å². The van der Waals surface area contributed by atoms with E-state index in [1.54, 1.807) is 0 Å². The number of aromatic nitrogens is 4. The molecule has 0 atom stereocenters. The molecule has 0 bridgehead atoms. The summed E-state index contributed by atoms with van der Waals surface area (Å²) >= 11 is 0. The highest BCUT2D eigenvalue weighted by Crippen LogP contribution is 2.47. The molecule has 6 aromatic heterocycles. The molecule has 0 saturated heterocycles. The molecule has 10 aromatic carbocycles. The number of para-hydroxylation sites is 4. The Balaban J connectivity index is 0.812. The van der Waals surface area contributed by atoms with Crippen molar-refractivity contribution in [2.75, 3.05) is 5.43 Å². The molecule has 8 heteroatoms. The second kappa shape index (κ2) is 16.2. The number of furan rings is 2. The van der Waals surface area contributed by atoms with Crippen molar-refractivity contribution >= 4 is 132 Å². The monoisotopic (exact) mass is 998 g/mol. The van der Waals surface area contributed by atoms with Gasteiger partial charge in [-0.1, -0.05) is 158 Å². The van der Waals surface area contributed by atoms with E-state index in [-0.39, 0.29) is 0 Å². The molecule has 1 aliphatic carbocycles. The number of benzene rings is 10. The number of hydrogen-bond donors (Lipinski definition) is 2. The number of fused-ring (bicyclic) bond motifs is 19. The van der Waals surface area contributed by atoms with Crippen molar-refractivity contribution < 1.29 is 8.83 Å². The quantitative estimate of drug-likeness (QED) is 0.174. The van der Waals surface area contributed by atoms with Crippen molar-refractivity contribution in [1.82, 2.24) is 18.8 Å². The van der Waals surface area contributed by atoms with Gasteiger partial charge in [0.05, 0.1) is 61.8 Å². The lowest BCUT2D eigenvalue weighted by atomic mass is 9.98. The zero-order valence-electron chi connectivity index (χ0n) is 41.7. The summed E-state index contributed by atoms with van der Waals surface area (Å²) in [6, 6.07) is 75.4. The van der Waals surface area contributed by atoms with E-state index in [0.29, 0.717) is 11.4 Å². The lowest BCUT2D eigenvalue weighted by molar-refractivity contribution is 0.654. The first-order valence-electron chi connectivity index (χ1n) is 26.3. The maximum Gasteiger partial charge on any atom is 0.227 e. The molecule has 1 aliphatic rings. The zero-order chi connectivity index (χ0) is 51.2. The maximum atomic E-state index is 9.01. The van der Waals surface area contributed by atoms with Gasteiger partial charge in [0.2, 0.25) is 5.71 Å². The smallest absolute Gasteiger partial charge is 0.227 e. The average molecular weight is 999 g/mol. The molecule has 0 aliphatic heterocycles. The summed E-state index contributed by atoms with van der Waals surface area (Å²) in [6.45, 7) is 0. The Hall–Kier alpha value is -10.7. The average Bonchev–Trinajstić information content (AvgIpc) is 4.42. The summed E-state index contributed by atoms with van der Waals surface area (Å²) < 4.78 is 20.4. The van der Waals surface area contributed by atoms with E-state index in [2.05, 4.69) is 213 Å². The summed E-state index contributed by atoms with van der Waals surface area (Å²) in [4.78, 5) is 4.97. The molecular weight excluding hydrogens is 957 g/mol. The second-order valence-electron chi connectivity index (χ2n) is 20.3. The molecule has 364 valence electrons. The molecular formula is C70H42N6O2. The van der Waals surface area contributed by atoms with Crippen LogP contribution in [0.3, 0.4) is 0 Å². The standard InChI is InChI=1S/C70H42N6O2/c71-57-25-11-6-23-51(57)67(41-16-2-1-3-17-41)73-76-62-29-15-10-24-52(62)65-66-53-33-30-43(37-64(53)77-69(66)50-22-5-4-21-49(50)68(65)76)42-31-34-61-54(36-42)48-20-9-14-28-60(48)75(61)45-39-56-55-38-44(32-35-63(55)78-70(56)72-40-45)74-58-26-12-7-18-46(58)47-19-8-13-27-59(47)74/h1-40,71,73H/b67-51-,71-57?. The molecule has 17 rings (SSSR count). The largest absolute Gasteiger partial charge is 0.455 e. The summed E-state index contributed by atoms with van der Waals surface area (Å²) in [6.07, 6.45) is 9.70. The highest BCUT2D eigenvalue weighted by atomic mass is 16.3. The summed E-state index contributed by atoms with van der Waals surface area (Å²) in [5.41, 5.74) is 20.8. The zero-order valence-corrected chi connectivity index (χ0v) is 41.7. The topological polar surface area (TPSA) is 89.8 Å². The van der Waals surface area contributed by atoms with Gasteiger partial charge in [0.25, 0.3) is 0 Å². The predicted molar refractivity (Wildman–Crippen MR) is 322 cm³/mol. The lowest BCUT2D eigenvalue weighted by Gasteiger charge is -2.20. The Morgan fingerprint density at radius 3 is 1.78 bits per heavy atom. The number of hydrogen-bond acceptors (Lipinski definition) is 5. The second-order valence-corrected chi connectivity index (χ2v) is 20.3. The van der Waals surface area contributed by atoms with Gasteiger partial charge in [-0.05, 0) is 90.0 Å². The van der Waals surface area contributed by atoms with Gasteiger partial charge in [0.1, 0.15) is 16.7 Å². The van der Waals surface area contributed by atoms with Gasteiger partial charge in [-0.25, -0.2) is 4.98 Å². The van der Waals surface area contributed by atoms with E-state index in [1.807, 2.05) is 48.7 Å². The van der Waals surface area contributed by atoms with Gasteiger partial charge in [0, 0.05) is 76.1 Å². The number of allylic oxidation sites excluding steroid dienone is 5. The molecule has 0 fully saturated rings. The Morgan fingerprint density at radius 2 is 1.03 bits per heavy atom. The van der Waals surface area contributed by atoms with Gasteiger partial charge in [-0.15, -0.1) is 0 Å². The minimum Gasteiger partial charge on any atom is -0.455 e. The van der Waals surface area contributed by atoms with Crippen LogP contribution in [0, 0.1) is 5.41 Å². The summed E-state index contributed by atoms with van der Waals surface area (Å²) in [5, 5.41) is 22.2. The Kier molecular flexibility index (Phi) is 8.83. The summed E-state index contributed by atoms with van der Waals surface area (Å²) in [7, 11) is 0. The van der Waals surface area contributed by atoms with Crippen LogP contribution in [0.15, 0.2) is 257 Å². The molecule has 6 heterocycles. The van der Waals surface area contributed by atoms with Crippen molar-refractivity contribution in [1.29, 1.82) is 5.41 Å². The Morgan fingerprint density at radius 1 is 0.423 bits per heavy atom. The van der Waals surface area contributed by atoms with Crippen molar-refractivity contribution in [3.05, 3.63) is 254 Å². The third kappa shape index (κ3) is 6.05. The minimum absolute atomic E-state index is 0.447. The fraction of sp³-hybridized carbons (Fsp3) is 0. The fourth-order valence-corrected chi connectivity index (χ4v) is 12.7. The fourth-order valence-electron chi connectivity index (χ4n) is 12.7.